The number of amides is 2. The van der Waals surface area contributed by atoms with Crippen molar-refractivity contribution in [1.29, 1.82) is 0 Å². The number of carbonyl (C=O) groups is 3. The smallest absolute Gasteiger partial charge is 0.862 e. The monoisotopic (exact) mass is 899 g/mol. The van der Waals surface area contributed by atoms with Crippen molar-refractivity contribution in [3.05, 3.63) is 0 Å². The van der Waals surface area contributed by atoms with Crippen molar-refractivity contribution >= 4 is 23.7 Å². The fourth-order valence-corrected chi connectivity index (χ4v) is 7.18. The number of nitrogens with zero attached hydrogens (tertiary/aromatic N) is 1. The number of hydrogen-bond acceptors (Lipinski definition) is 24. The summed E-state index contributed by atoms with van der Waals surface area (Å²) in [6.45, 7) is -0.856. The Morgan fingerprint density at radius 3 is 1.92 bits per heavy atom. The van der Waals surface area contributed by atoms with Crippen LogP contribution in [0.25, 0.3) is 0 Å². The van der Waals surface area contributed by atoms with Crippen LogP contribution in [0.1, 0.15) is 27.2 Å². The van der Waals surface area contributed by atoms with Gasteiger partial charge in [-0.1, -0.05) is 0 Å². The first kappa shape index (κ1) is 53.5. The van der Waals surface area contributed by atoms with E-state index in [4.69, 9.17) is 33.2 Å². The van der Waals surface area contributed by atoms with E-state index in [0.29, 0.717) is 0 Å². The van der Waals surface area contributed by atoms with E-state index in [1.807, 2.05) is 0 Å². The second-order valence-electron chi connectivity index (χ2n) is 14.8. The summed E-state index contributed by atoms with van der Waals surface area (Å²) in [5, 5.41) is 152. The summed E-state index contributed by atoms with van der Waals surface area (Å²) in [7, 11) is 0. The maximum absolute atomic E-state index is 12.8. The molecule has 2 amide bonds. The zero-order chi connectivity index (χ0) is 45.0. The number of carboxylic acids is 1. The number of carboxylic acid groups (broad SMARTS) is 1. The standard InChI is InChI=1S/C33H55N3O24.Na/c1-9(39)34-17-12(42)4-33(32(52)53,60-28(17)20(44)13(43)5-37)55-8-16-23(47)27(59-31-18(35-10(2)40)24(48)21(45)14(6-38)57-31)19(36-11(3)41)30(58-16)54-7-15-22(46)25(49)26(50)29(51)56-15;/h12-31,37-38,42-51H,4-8H2,1-3H3,(H,34,39)(H,35,40)(H,36,41)(H,52,53);/q;+1/p-1/t12-,13+,14+,15+,16+,17+,18+,19+,20+,21+,22+,23-,24+,25-,26+,27+,28+,29?,30-,31-,33+;/m0./s1. The fourth-order valence-electron chi connectivity index (χ4n) is 7.18. The van der Waals surface area contributed by atoms with Gasteiger partial charge in [-0.25, -0.2) is 4.79 Å². The third kappa shape index (κ3) is 12.5. The van der Waals surface area contributed by atoms with Crippen molar-refractivity contribution < 1.29 is 149 Å². The molecule has 4 aliphatic rings. The largest absolute Gasteiger partial charge is 1.00 e. The Bertz CT molecular complexity index is 1480. The molecule has 0 aromatic rings. The summed E-state index contributed by atoms with van der Waals surface area (Å²) < 4.78 is 39.8. The number of ether oxygens (including phenoxy) is 7. The molecule has 0 bridgehead atoms. The first-order chi connectivity index (χ1) is 28.1. The maximum Gasteiger partial charge on any atom is 1.00 e. The van der Waals surface area contributed by atoms with Gasteiger partial charge in [-0.05, 0) is 12.8 Å². The van der Waals surface area contributed by atoms with Crippen LogP contribution < -0.4 is 45.3 Å². The number of hydrogen-bond donors (Lipinski definition) is 15. The van der Waals surface area contributed by atoms with E-state index in [9.17, 15) is 85.9 Å². The molecule has 27 nitrogen and oxygen atoms in total. The van der Waals surface area contributed by atoms with Crippen LogP contribution in [-0.2, 0) is 47.5 Å². The topological polar surface area (TPSA) is 438 Å². The SMILES string of the molecule is CC(=O)N[C@H]1[C@H](O[C@H]2[C@@H](O)[C@@H](CO[C@]3(C(=O)O)C[C@H](O)[C@@H](N=C(C)[O-])[C@H]([C@H](O)[C@H](O)CO)O3)O[C@H](OC[C@H]3OC(O)[C@H](O)[C@@H](O)[C@@H]3O)[C@@H]2NC(C)=O)O[C@H](CO)[C@@H](O)[C@@H]1O.[Na+]. The van der Waals surface area contributed by atoms with Crippen molar-refractivity contribution in [3.8, 4) is 0 Å². The molecule has 4 rings (SSSR count). The summed E-state index contributed by atoms with van der Waals surface area (Å²) in [5.41, 5.74) is 0. The number of nitrogens with one attached hydrogen (secondary N) is 2. The van der Waals surface area contributed by atoms with E-state index in [2.05, 4.69) is 15.6 Å². The van der Waals surface area contributed by atoms with Crippen LogP contribution in [0.2, 0.25) is 0 Å². The third-order valence-electron chi connectivity index (χ3n) is 10.3. The van der Waals surface area contributed by atoms with Gasteiger partial charge in [0.15, 0.2) is 18.9 Å². The van der Waals surface area contributed by atoms with Gasteiger partial charge in [0.1, 0.15) is 97.5 Å². The first-order valence-electron chi connectivity index (χ1n) is 18.6. The van der Waals surface area contributed by atoms with Crippen LogP contribution in [-0.4, -0.2) is 245 Å². The molecule has 0 aromatic carbocycles. The average Bonchev–Trinajstić information content (AvgIpc) is 3.18. The van der Waals surface area contributed by atoms with Crippen LogP contribution in [0.5, 0.6) is 0 Å². The number of carbonyl (C=O) groups excluding carboxylic acids is 2. The van der Waals surface area contributed by atoms with Crippen LogP contribution >= 0.6 is 0 Å². The number of aliphatic hydroxyl groups excluding tert-OH is 12. The number of aliphatic imine (C=N–C) groups is 1. The maximum atomic E-state index is 12.8. The van der Waals surface area contributed by atoms with Gasteiger partial charge in [0, 0.05) is 20.3 Å². The molecule has 28 heteroatoms. The zero-order valence-electron chi connectivity index (χ0n) is 33.3. The Morgan fingerprint density at radius 2 is 1.36 bits per heavy atom. The third-order valence-corrected chi connectivity index (χ3v) is 10.3. The second kappa shape index (κ2) is 22.8. The summed E-state index contributed by atoms with van der Waals surface area (Å²) in [5.74, 6) is -7.44. The van der Waals surface area contributed by atoms with Gasteiger partial charge < -0.3 is 115 Å². The van der Waals surface area contributed by atoms with Gasteiger partial charge in [-0.15, -0.1) is 0 Å². The Labute approximate surface area is 368 Å². The summed E-state index contributed by atoms with van der Waals surface area (Å²) in [4.78, 5) is 41.2. The molecule has 0 saturated carbocycles. The Morgan fingerprint density at radius 1 is 0.787 bits per heavy atom. The van der Waals surface area contributed by atoms with Crippen molar-refractivity contribution in [2.75, 3.05) is 26.4 Å². The van der Waals surface area contributed by atoms with E-state index in [0.717, 1.165) is 20.8 Å². The minimum atomic E-state index is -2.99. The Balaban J connectivity index is 0.00000992. The fraction of sp³-hybridized carbons (Fsp3) is 0.879. The molecular formula is C33H54N3NaO24. The van der Waals surface area contributed by atoms with Gasteiger partial charge in [-0.3, -0.25) is 14.6 Å². The van der Waals surface area contributed by atoms with Crippen LogP contribution in [0.4, 0.5) is 0 Å². The number of aliphatic hydroxyl groups is 12. The van der Waals surface area contributed by atoms with E-state index in [1.165, 1.54) is 0 Å². The first-order valence-corrected chi connectivity index (χ1v) is 18.6. The zero-order valence-corrected chi connectivity index (χ0v) is 35.3. The van der Waals surface area contributed by atoms with E-state index >= 15 is 0 Å². The molecule has 21 atom stereocenters. The molecule has 1 unspecified atom stereocenters. The quantitative estimate of drug-likeness (QED) is 0.0388. The second-order valence-corrected chi connectivity index (χ2v) is 14.8. The molecule has 15 N–H and O–H groups in total. The molecular weight excluding hydrogens is 845 g/mol. The Kier molecular flexibility index (Phi) is 20.0. The van der Waals surface area contributed by atoms with Gasteiger partial charge in [0.25, 0.3) is 5.79 Å². The summed E-state index contributed by atoms with van der Waals surface area (Å²) >= 11 is 0. The molecule has 4 heterocycles. The predicted octanol–water partition coefficient (Wildman–Crippen LogP) is -13.5. The van der Waals surface area contributed by atoms with Gasteiger partial charge >= 0.3 is 35.5 Å². The molecule has 61 heavy (non-hydrogen) atoms. The molecule has 0 radical (unpaired) electrons. The molecule has 0 aromatic heterocycles. The van der Waals surface area contributed by atoms with E-state index in [1.54, 1.807) is 0 Å². The van der Waals surface area contributed by atoms with Crippen molar-refractivity contribution in [2.45, 2.75) is 155 Å². The van der Waals surface area contributed by atoms with Gasteiger partial charge in [0.05, 0.1) is 32.5 Å². The molecule has 0 spiro atoms. The van der Waals surface area contributed by atoms with Crippen LogP contribution in [0, 0.1) is 0 Å². The Hall–Kier alpha value is -1.88. The molecule has 346 valence electrons. The average molecular weight is 900 g/mol. The predicted molar refractivity (Wildman–Crippen MR) is 185 cm³/mol. The van der Waals surface area contributed by atoms with Crippen molar-refractivity contribution in [2.24, 2.45) is 4.99 Å². The van der Waals surface area contributed by atoms with Crippen molar-refractivity contribution in [3.63, 3.8) is 0 Å². The summed E-state index contributed by atoms with van der Waals surface area (Å²) in [6, 6.07) is -5.00. The van der Waals surface area contributed by atoms with E-state index < -0.39 is 185 Å². The van der Waals surface area contributed by atoms with Crippen LogP contribution in [0.15, 0.2) is 4.99 Å². The van der Waals surface area contributed by atoms with Gasteiger partial charge in [0.2, 0.25) is 11.8 Å². The van der Waals surface area contributed by atoms with Crippen molar-refractivity contribution in [1.82, 2.24) is 10.6 Å². The molecule has 4 fully saturated rings. The van der Waals surface area contributed by atoms with Gasteiger partial charge in [-0.2, -0.15) is 0 Å². The number of rotatable bonds is 16. The number of aliphatic carboxylic acids is 1. The van der Waals surface area contributed by atoms with E-state index in [-0.39, 0.29) is 29.6 Å². The van der Waals surface area contributed by atoms with Crippen LogP contribution in [0.3, 0.4) is 0 Å². The molecule has 0 aliphatic carbocycles. The minimum Gasteiger partial charge on any atom is -0.862 e. The minimum absolute atomic E-state index is 0. The molecule has 4 saturated heterocycles. The normalized spacial score (nSPS) is 43.0. The molecule has 4 aliphatic heterocycles. The summed E-state index contributed by atoms with van der Waals surface area (Å²) in [6.07, 6.45) is -33.3.